The fourth-order valence-corrected chi connectivity index (χ4v) is 2.07. The number of aromatic nitrogens is 1. The number of rotatable bonds is 5. The van der Waals surface area contributed by atoms with Gasteiger partial charge in [-0.2, -0.15) is 0 Å². The number of pyridine rings is 1. The highest BCUT2D eigenvalue weighted by molar-refractivity contribution is 6.43. The molecule has 0 spiro atoms. The summed E-state index contributed by atoms with van der Waals surface area (Å²) in [6, 6.07) is 8.75. The van der Waals surface area contributed by atoms with Crippen molar-refractivity contribution in [3.8, 4) is 0 Å². The quantitative estimate of drug-likeness (QED) is 0.863. The van der Waals surface area contributed by atoms with E-state index in [4.69, 9.17) is 23.2 Å². The van der Waals surface area contributed by atoms with Crippen LogP contribution in [0.2, 0.25) is 10.0 Å². The summed E-state index contributed by atoms with van der Waals surface area (Å²) in [7, 11) is 0. The Hall–Kier alpha value is -1.78. The van der Waals surface area contributed by atoms with Gasteiger partial charge in [-0.25, -0.2) is 0 Å². The van der Waals surface area contributed by atoms with Crippen molar-refractivity contribution >= 4 is 40.5 Å². The topological polar surface area (TPSA) is 54.0 Å². The van der Waals surface area contributed by atoms with E-state index in [1.807, 2.05) is 13.0 Å². The molecule has 1 aromatic heterocycles. The number of nitrogens with one attached hydrogen (secondary N) is 2. The van der Waals surface area contributed by atoms with Crippen molar-refractivity contribution in [2.45, 2.75) is 13.3 Å². The van der Waals surface area contributed by atoms with Crippen LogP contribution in [0.5, 0.6) is 0 Å². The molecule has 2 aromatic rings. The minimum Gasteiger partial charge on any atom is -0.354 e. The highest BCUT2D eigenvalue weighted by Crippen LogP contribution is 2.31. The monoisotopic (exact) mass is 323 g/mol. The van der Waals surface area contributed by atoms with Crippen molar-refractivity contribution in [3.05, 3.63) is 52.3 Å². The summed E-state index contributed by atoms with van der Waals surface area (Å²) in [5.41, 5.74) is 1.75. The zero-order valence-electron chi connectivity index (χ0n) is 11.5. The molecule has 0 aliphatic carbocycles. The molecular weight excluding hydrogens is 309 g/mol. The zero-order chi connectivity index (χ0) is 15.2. The summed E-state index contributed by atoms with van der Waals surface area (Å²) in [6.45, 7) is 2.62. The molecule has 0 unspecified atom stereocenters. The molecule has 1 heterocycles. The minimum atomic E-state index is -0.197. The molecule has 2 rings (SSSR count). The smallest absolute Gasteiger partial charge is 0.269 e. The first-order valence-electron chi connectivity index (χ1n) is 6.57. The lowest BCUT2D eigenvalue weighted by Crippen LogP contribution is -2.24. The van der Waals surface area contributed by atoms with Crippen LogP contribution in [0, 0.1) is 0 Å². The molecule has 0 bridgehead atoms. The van der Waals surface area contributed by atoms with Gasteiger partial charge in [-0.05, 0) is 30.7 Å². The first-order chi connectivity index (χ1) is 10.1. The molecule has 0 fully saturated rings. The SMILES string of the molecule is CCCNC(=O)c1cc(Nc2cccc(Cl)c2Cl)ccn1. The van der Waals surface area contributed by atoms with Gasteiger partial charge in [-0.3, -0.25) is 9.78 Å². The first-order valence-corrected chi connectivity index (χ1v) is 7.32. The molecule has 4 nitrogen and oxygen atoms in total. The lowest BCUT2D eigenvalue weighted by atomic mass is 10.2. The van der Waals surface area contributed by atoms with Crippen LogP contribution in [-0.2, 0) is 0 Å². The molecule has 2 N–H and O–H groups in total. The van der Waals surface area contributed by atoms with Gasteiger partial charge in [-0.15, -0.1) is 0 Å². The van der Waals surface area contributed by atoms with Crippen LogP contribution >= 0.6 is 23.2 Å². The van der Waals surface area contributed by atoms with Gasteiger partial charge < -0.3 is 10.6 Å². The van der Waals surface area contributed by atoms with E-state index in [2.05, 4.69) is 15.6 Å². The summed E-state index contributed by atoms with van der Waals surface area (Å²) < 4.78 is 0. The zero-order valence-corrected chi connectivity index (χ0v) is 13.0. The molecule has 0 aliphatic heterocycles. The number of benzene rings is 1. The molecule has 0 radical (unpaired) electrons. The third-order valence-electron chi connectivity index (χ3n) is 2.76. The molecule has 0 saturated heterocycles. The number of amides is 1. The van der Waals surface area contributed by atoms with Crippen LogP contribution in [0.25, 0.3) is 0 Å². The van der Waals surface area contributed by atoms with Crippen LogP contribution in [0.3, 0.4) is 0 Å². The molecule has 6 heteroatoms. The second kappa shape index (κ2) is 7.29. The third kappa shape index (κ3) is 4.09. The second-order valence-corrected chi connectivity index (χ2v) is 5.20. The minimum absolute atomic E-state index is 0.197. The van der Waals surface area contributed by atoms with E-state index in [0.29, 0.717) is 28.0 Å². The number of hydrogen-bond acceptors (Lipinski definition) is 3. The molecule has 0 aliphatic rings. The fourth-order valence-electron chi connectivity index (χ4n) is 1.72. The lowest BCUT2D eigenvalue weighted by molar-refractivity contribution is 0.0949. The van der Waals surface area contributed by atoms with E-state index in [9.17, 15) is 4.79 Å². The number of carbonyl (C=O) groups excluding carboxylic acids is 1. The first kappa shape index (κ1) is 15.6. The van der Waals surface area contributed by atoms with Crippen LogP contribution < -0.4 is 10.6 Å². The standard InChI is InChI=1S/C15H15Cl2N3O/c1-2-7-19-15(21)13-9-10(6-8-18-13)20-12-5-3-4-11(16)14(12)17/h3-6,8-9H,2,7H2,1H3,(H,18,20)(H,19,21). The van der Waals surface area contributed by atoms with Crippen LogP contribution in [-0.4, -0.2) is 17.4 Å². The number of anilines is 2. The van der Waals surface area contributed by atoms with E-state index in [1.165, 1.54) is 0 Å². The van der Waals surface area contributed by atoms with Gasteiger partial charge >= 0.3 is 0 Å². The maximum atomic E-state index is 11.9. The highest BCUT2D eigenvalue weighted by Gasteiger charge is 2.09. The third-order valence-corrected chi connectivity index (χ3v) is 3.58. The Kier molecular flexibility index (Phi) is 5.42. The Labute approximate surface area is 133 Å². The molecule has 1 amide bonds. The average molecular weight is 324 g/mol. The van der Waals surface area contributed by atoms with Crippen molar-refractivity contribution in [2.24, 2.45) is 0 Å². The van der Waals surface area contributed by atoms with Crippen molar-refractivity contribution in [3.63, 3.8) is 0 Å². The molecule has 0 atom stereocenters. The van der Waals surface area contributed by atoms with Crippen LogP contribution in [0.15, 0.2) is 36.5 Å². The number of hydrogen-bond donors (Lipinski definition) is 2. The van der Waals surface area contributed by atoms with E-state index < -0.39 is 0 Å². The molecule has 0 saturated carbocycles. The van der Waals surface area contributed by atoms with Crippen molar-refractivity contribution in [1.82, 2.24) is 10.3 Å². The Bertz CT molecular complexity index is 647. The summed E-state index contributed by atoms with van der Waals surface area (Å²) in [6.07, 6.45) is 2.45. The highest BCUT2D eigenvalue weighted by atomic mass is 35.5. The largest absolute Gasteiger partial charge is 0.354 e. The van der Waals surface area contributed by atoms with Gasteiger partial charge in [0, 0.05) is 18.4 Å². The van der Waals surface area contributed by atoms with Crippen molar-refractivity contribution in [2.75, 3.05) is 11.9 Å². The summed E-state index contributed by atoms with van der Waals surface area (Å²) in [5, 5.41) is 6.82. The van der Waals surface area contributed by atoms with Crippen molar-refractivity contribution < 1.29 is 4.79 Å². The average Bonchev–Trinajstić information content (AvgIpc) is 2.50. The maximum Gasteiger partial charge on any atom is 0.269 e. The summed E-state index contributed by atoms with van der Waals surface area (Å²) >= 11 is 12.1. The van der Waals surface area contributed by atoms with Crippen LogP contribution in [0.4, 0.5) is 11.4 Å². The molecule has 1 aromatic carbocycles. The van der Waals surface area contributed by atoms with E-state index in [-0.39, 0.29) is 5.91 Å². The normalized spacial score (nSPS) is 10.2. The number of halogens is 2. The second-order valence-electron chi connectivity index (χ2n) is 4.41. The van der Waals surface area contributed by atoms with Gasteiger partial charge in [0.15, 0.2) is 0 Å². The Morgan fingerprint density at radius 1 is 1.29 bits per heavy atom. The fraction of sp³-hybridized carbons (Fsp3) is 0.200. The molecule has 21 heavy (non-hydrogen) atoms. The molecule has 110 valence electrons. The summed E-state index contributed by atoms with van der Waals surface area (Å²) in [4.78, 5) is 15.9. The Morgan fingerprint density at radius 2 is 2.10 bits per heavy atom. The predicted molar refractivity (Wildman–Crippen MR) is 86.6 cm³/mol. The van der Waals surface area contributed by atoms with Gasteiger partial charge in [0.25, 0.3) is 5.91 Å². The number of nitrogens with zero attached hydrogens (tertiary/aromatic N) is 1. The van der Waals surface area contributed by atoms with Crippen LogP contribution in [0.1, 0.15) is 23.8 Å². The van der Waals surface area contributed by atoms with Gasteiger partial charge in [0.2, 0.25) is 0 Å². The van der Waals surface area contributed by atoms with E-state index in [0.717, 1.165) is 12.1 Å². The maximum absolute atomic E-state index is 11.9. The van der Waals surface area contributed by atoms with Gasteiger partial charge in [0.1, 0.15) is 5.69 Å². The van der Waals surface area contributed by atoms with Gasteiger partial charge in [0.05, 0.1) is 15.7 Å². The Balaban J connectivity index is 2.18. The van der Waals surface area contributed by atoms with Gasteiger partial charge in [-0.1, -0.05) is 36.2 Å². The number of carbonyl (C=O) groups is 1. The summed E-state index contributed by atoms with van der Waals surface area (Å²) in [5.74, 6) is -0.197. The van der Waals surface area contributed by atoms with E-state index in [1.54, 1.807) is 30.5 Å². The van der Waals surface area contributed by atoms with Crippen molar-refractivity contribution in [1.29, 1.82) is 0 Å². The lowest BCUT2D eigenvalue weighted by Gasteiger charge is -2.10. The van der Waals surface area contributed by atoms with E-state index >= 15 is 0 Å². The Morgan fingerprint density at radius 3 is 2.86 bits per heavy atom. The predicted octanol–water partition coefficient (Wildman–Crippen LogP) is 4.27. The molecular formula is C15H15Cl2N3O.